The van der Waals surface area contributed by atoms with E-state index in [0.717, 1.165) is 0 Å². The van der Waals surface area contributed by atoms with E-state index in [0.29, 0.717) is 12.1 Å². The summed E-state index contributed by atoms with van der Waals surface area (Å²) in [6.45, 7) is 3.06. The predicted octanol–water partition coefficient (Wildman–Crippen LogP) is 1.09. The Hall–Kier alpha value is -2.14. The fourth-order valence-corrected chi connectivity index (χ4v) is 5.74. The molecule has 2 aromatic rings. The number of nitrogens with zero attached hydrogens (tertiary/aromatic N) is 2. The van der Waals surface area contributed by atoms with Gasteiger partial charge in [0, 0.05) is 6.04 Å². The summed E-state index contributed by atoms with van der Waals surface area (Å²) in [6.07, 6.45) is 2.00. The van der Waals surface area contributed by atoms with Crippen molar-refractivity contribution in [2.45, 2.75) is 31.2 Å². The topological polar surface area (TPSA) is 131 Å². The highest BCUT2D eigenvalue weighted by Gasteiger charge is 2.28. The lowest BCUT2D eigenvalue weighted by atomic mass is 10.2. The van der Waals surface area contributed by atoms with Crippen molar-refractivity contribution in [2.24, 2.45) is 0 Å². The highest BCUT2D eigenvalue weighted by Crippen LogP contribution is 2.22. The van der Waals surface area contributed by atoms with Crippen molar-refractivity contribution in [2.75, 3.05) is 21.5 Å². The highest BCUT2D eigenvalue weighted by molar-refractivity contribution is 7.92. The molecule has 0 radical (unpaired) electrons. The molecule has 0 amide bonds. The lowest BCUT2D eigenvalue weighted by molar-refractivity contribution is 0.390. The van der Waals surface area contributed by atoms with Gasteiger partial charge in [0.15, 0.2) is 20.5 Å². The van der Waals surface area contributed by atoms with Gasteiger partial charge < -0.3 is 9.84 Å². The maximum absolute atomic E-state index is 12.4. The number of pyridine rings is 1. The fraction of sp³-hybridized carbons (Fsp3) is 0.429. The van der Waals surface area contributed by atoms with Gasteiger partial charge >= 0.3 is 0 Å². The standard InChI is InChI=1S/C14H18N4O5S2/c1-9-14(10(2)23-17-9)25(21,22)18-13-4-3-11(7-15-13)16-12-5-6-24(19,20)8-12/h3-4,7,12,16H,5-6,8H2,1-2H3,(H,15,18). The first-order chi connectivity index (χ1) is 11.7. The molecule has 1 aliphatic heterocycles. The van der Waals surface area contributed by atoms with E-state index >= 15 is 0 Å². The molecule has 3 heterocycles. The van der Waals surface area contributed by atoms with E-state index in [1.54, 1.807) is 13.0 Å². The SMILES string of the molecule is Cc1noc(C)c1S(=O)(=O)Nc1ccc(NC2CCS(=O)(=O)C2)cn1. The van der Waals surface area contributed by atoms with Crippen molar-refractivity contribution >= 4 is 31.4 Å². The first kappa shape index (κ1) is 17.7. The smallest absolute Gasteiger partial charge is 0.268 e. The van der Waals surface area contributed by atoms with Gasteiger partial charge in [-0.3, -0.25) is 4.72 Å². The summed E-state index contributed by atoms with van der Waals surface area (Å²) in [5.41, 5.74) is 0.896. The molecule has 0 saturated carbocycles. The summed E-state index contributed by atoms with van der Waals surface area (Å²) >= 11 is 0. The summed E-state index contributed by atoms with van der Waals surface area (Å²) in [4.78, 5) is 4.05. The quantitative estimate of drug-likeness (QED) is 0.780. The van der Waals surface area contributed by atoms with E-state index in [-0.39, 0.29) is 39.7 Å². The van der Waals surface area contributed by atoms with Gasteiger partial charge in [0.25, 0.3) is 10.0 Å². The Bertz CT molecular complexity index is 961. The number of nitrogens with one attached hydrogen (secondary N) is 2. The molecule has 2 N–H and O–H groups in total. The minimum absolute atomic E-state index is 0.00679. The van der Waals surface area contributed by atoms with Crippen LogP contribution in [-0.2, 0) is 19.9 Å². The van der Waals surface area contributed by atoms with Gasteiger partial charge in [-0.2, -0.15) is 0 Å². The third-order valence-corrected chi connectivity index (χ3v) is 7.21. The Labute approximate surface area is 145 Å². The largest absolute Gasteiger partial charge is 0.380 e. The van der Waals surface area contributed by atoms with Crippen LogP contribution in [0.3, 0.4) is 0 Å². The van der Waals surface area contributed by atoms with Crippen LogP contribution in [0.15, 0.2) is 27.7 Å². The second-order valence-corrected chi connectivity index (χ2v) is 9.78. The molecule has 1 saturated heterocycles. The van der Waals surface area contributed by atoms with Gasteiger partial charge in [-0.15, -0.1) is 0 Å². The Morgan fingerprint density at radius 2 is 2.04 bits per heavy atom. The van der Waals surface area contributed by atoms with E-state index < -0.39 is 19.9 Å². The molecule has 25 heavy (non-hydrogen) atoms. The summed E-state index contributed by atoms with van der Waals surface area (Å²) in [7, 11) is -6.82. The van der Waals surface area contributed by atoms with Crippen molar-refractivity contribution < 1.29 is 21.4 Å². The number of aryl methyl sites for hydroxylation is 2. The third kappa shape index (κ3) is 3.93. The van der Waals surface area contributed by atoms with Crippen molar-refractivity contribution in [3.63, 3.8) is 0 Å². The zero-order valence-electron chi connectivity index (χ0n) is 13.7. The number of aromatic nitrogens is 2. The Balaban J connectivity index is 1.71. The molecular formula is C14H18N4O5S2. The van der Waals surface area contributed by atoms with Crippen LogP contribution in [0, 0.1) is 13.8 Å². The van der Waals surface area contributed by atoms with Crippen molar-refractivity contribution in [1.82, 2.24) is 10.1 Å². The maximum atomic E-state index is 12.4. The average Bonchev–Trinajstić information content (AvgIpc) is 3.03. The molecule has 0 bridgehead atoms. The number of sulfone groups is 1. The zero-order chi connectivity index (χ0) is 18.2. The Morgan fingerprint density at radius 1 is 1.28 bits per heavy atom. The van der Waals surface area contributed by atoms with E-state index in [2.05, 4.69) is 20.2 Å². The minimum Gasteiger partial charge on any atom is -0.380 e. The lowest BCUT2D eigenvalue weighted by Crippen LogP contribution is -2.20. The predicted molar refractivity (Wildman–Crippen MR) is 91.7 cm³/mol. The Morgan fingerprint density at radius 3 is 2.56 bits per heavy atom. The molecule has 1 atom stereocenters. The molecule has 2 aromatic heterocycles. The molecule has 0 spiro atoms. The summed E-state index contributed by atoms with van der Waals surface area (Å²) in [5, 5.41) is 6.72. The van der Waals surface area contributed by atoms with Gasteiger partial charge in [0.1, 0.15) is 11.5 Å². The van der Waals surface area contributed by atoms with Crippen LogP contribution in [0.25, 0.3) is 0 Å². The third-order valence-electron chi connectivity index (χ3n) is 3.84. The van der Waals surface area contributed by atoms with E-state index in [1.807, 2.05) is 0 Å². The van der Waals surface area contributed by atoms with Gasteiger partial charge in [0.05, 0.1) is 23.4 Å². The Kier molecular flexibility index (Phi) is 4.45. The van der Waals surface area contributed by atoms with Crippen molar-refractivity contribution in [1.29, 1.82) is 0 Å². The van der Waals surface area contributed by atoms with Crippen LogP contribution in [0.2, 0.25) is 0 Å². The van der Waals surface area contributed by atoms with Crippen molar-refractivity contribution in [3.8, 4) is 0 Å². The molecule has 1 unspecified atom stereocenters. The normalized spacial score (nSPS) is 19.7. The van der Waals surface area contributed by atoms with E-state index in [4.69, 9.17) is 4.52 Å². The van der Waals surface area contributed by atoms with Crippen LogP contribution in [-0.4, -0.2) is 44.5 Å². The molecule has 11 heteroatoms. The molecule has 3 rings (SSSR count). The molecular weight excluding hydrogens is 368 g/mol. The number of anilines is 2. The molecule has 1 fully saturated rings. The van der Waals surface area contributed by atoms with E-state index in [1.165, 1.54) is 19.2 Å². The van der Waals surface area contributed by atoms with Gasteiger partial charge in [-0.05, 0) is 32.4 Å². The number of sulfonamides is 1. The second-order valence-electron chi connectivity index (χ2n) is 5.94. The van der Waals surface area contributed by atoms with Gasteiger partial charge in [-0.25, -0.2) is 21.8 Å². The molecule has 1 aliphatic rings. The number of hydrogen-bond donors (Lipinski definition) is 2. The first-order valence-electron chi connectivity index (χ1n) is 7.55. The fourth-order valence-electron chi connectivity index (χ4n) is 2.73. The van der Waals surface area contributed by atoms with Gasteiger partial charge in [0.2, 0.25) is 0 Å². The maximum Gasteiger partial charge on any atom is 0.268 e. The minimum atomic E-state index is -3.85. The second kappa shape index (κ2) is 6.30. The molecule has 9 nitrogen and oxygen atoms in total. The van der Waals surface area contributed by atoms with Crippen LogP contribution in [0.1, 0.15) is 17.9 Å². The van der Waals surface area contributed by atoms with E-state index in [9.17, 15) is 16.8 Å². The molecule has 0 aromatic carbocycles. The summed E-state index contributed by atoms with van der Waals surface area (Å²) in [5.74, 6) is 0.608. The molecule has 0 aliphatic carbocycles. The summed E-state index contributed by atoms with van der Waals surface area (Å²) < 4.78 is 55.0. The highest BCUT2D eigenvalue weighted by atomic mass is 32.2. The molecule has 136 valence electrons. The lowest BCUT2D eigenvalue weighted by Gasteiger charge is -2.12. The van der Waals surface area contributed by atoms with Crippen LogP contribution >= 0.6 is 0 Å². The van der Waals surface area contributed by atoms with Crippen LogP contribution in [0.4, 0.5) is 11.5 Å². The van der Waals surface area contributed by atoms with Crippen LogP contribution in [0.5, 0.6) is 0 Å². The average molecular weight is 386 g/mol. The number of hydrogen-bond acceptors (Lipinski definition) is 8. The number of rotatable bonds is 5. The van der Waals surface area contributed by atoms with Crippen LogP contribution < -0.4 is 10.0 Å². The zero-order valence-corrected chi connectivity index (χ0v) is 15.3. The summed E-state index contributed by atoms with van der Waals surface area (Å²) in [6, 6.07) is 2.99. The monoisotopic (exact) mass is 386 g/mol. The first-order valence-corrected chi connectivity index (χ1v) is 10.9. The van der Waals surface area contributed by atoms with Crippen molar-refractivity contribution in [3.05, 3.63) is 29.8 Å². The van der Waals surface area contributed by atoms with Gasteiger partial charge in [-0.1, -0.05) is 5.16 Å².